The largest absolute Gasteiger partial charge is 0.438 e. The Morgan fingerprint density at radius 1 is 1.09 bits per heavy atom. The molecule has 114 valence electrons. The van der Waals surface area contributed by atoms with Crippen LogP contribution in [0.15, 0.2) is 30.3 Å². The van der Waals surface area contributed by atoms with E-state index in [0.29, 0.717) is 16.7 Å². The highest BCUT2D eigenvalue weighted by atomic mass is 35.5. The molecule has 1 heterocycles. The van der Waals surface area contributed by atoms with E-state index < -0.39 is 23.3 Å². The highest BCUT2D eigenvalue weighted by Gasteiger charge is 2.35. The van der Waals surface area contributed by atoms with Crippen LogP contribution in [0, 0.1) is 11.6 Å². The van der Waals surface area contributed by atoms with Gasteiger partial charge in [0.25, 0.3) is 0 Å². The van der Waals surface area contributed by atoms with Gasteiger partial charge in [0.2, 0.25) is 0 Å². The summed E-state index contributed by atoms with van der Waals surface area (Å²) in [5, 5.41) is 2.32. The van der Waals surface area contributed by atoms with Crippen LogP contribution < -0.4 is 5.32 Å². The lowest BCUT2D eigenvalue weighted by Crippen LogP contribution is -2.35. The second-order valence-electron chi connectivity index (χ2n) is 5.53. The number of hydrogen-bond acceptors (Lipinski definition) is 2. The molecular formula is C16H12ClF2NO2. The van der Waals surface area contributed by atoms with E-state index in [2.05, 4.69) is 5.32 Å². The zero-order chi connectivity index (χ0) is 16.1. The zero-order valence-corrected chi connectivity index (χ0v) is 12.6. The summed E-state index contributed by atoms with van der Waals surface area (Å²) in [4.78, 5) is 11.5. The van der Waals surface area contributed by atoms with E-state index in [0.717, 1.165) is 0 Å². The summed E-state index contributed by atoms with van der Waals surface area (Å²) >= 11 is 5.77. The monoisotopic (exact) mass is 323 g/mol. The van der Waals surface area contributed by atoms with Crippen LogP contribution in [0.25, 0.3) is 11.1 Å². The molecule has 0 aromatic heterocycles. The fourth-order valence-electron chi connectivity index (χ4n) is 2.47. The number of halogens is 3. The number of rotatable bonds is 1. The lowest BCUT2D eigenvalue weighted by atomic mass is 9.91. The van der Waals surface area contributed by atoms with Gasteiger partial charge in [-0.15, -0.1) is 0 Å². The summed E-state index contributed by atoms with van der Waals surface area (Å²) in [6, 6.07) is 7.12. The maximum absolute atomic E-state index is 14.3. The molecule has 0 unspecified atom stereocenters. The third kappa shape index (κ3) is 2.41. The van der Waals surface area contributed by atoms with Crippen molar-refractivity contribution in [2.45, 2.75) is 19.4 Å². The van der Waals surface area contributed by atoms with Gasteiger partial charge in [0, 0.05) is 5.56 Å². The second kappa shape index (κ2) is 4.95. The van der Waals surface area contributed by atoms with Crippen molar-refractivity contribution in [2.75, 3.05) is 5.32 Å². The van der Waals surface area contributed by atoms with E-state index in [1.54, 1.807) is 19.9 Å². The van der Waals surface area contributed by atoms with Gasteiger partial charge in [0.15, 0.2) is 0 Å². The molecule has 0 spiro atoms. The Bertz CT molecular complexity index is 790. The number of carbonyl (C=O) groups excluding carboxylic acids is 1. The molecule has 1 N–H and O–H groups in total. The van der Waals surface area contributed by atoms with Gasteiger partial charge in [0.1, 0.15) is 17.2 Å². The van der Waals surface area contributed by atoms with Crippen LogP contribution >= 0.6 is 11.6 Å². The highest BCUT2D eigenvalue weighted by Crippen LogP contribution is 2.40. The van der Waals surface area contributed by atoms with Gasteiger partial charge < -0.3 is 4.74 Å². The molecule has 0 aliphatic carbocycles. The third-order valence-electron chi connectivity index (χ3n) is 3.57. The summed E-state index contributed by atoms with van der Waals surface area (Å²) in [5.74, 6) is -1.13. The van der Waals surface area contributed by atoms with Crippen molar-refractivity contribution in [3.63, 3.8) is 0 Å². The van der Waals surface area contributed by atoms with Crippen molar-refractivity contribution in [1.29, 1.82) is 0 Å². The minimum absolute atomic E-state index is 0.0422. The van der Waals surface area contributed by atoms with Crippen LogP contribution in [0.3, 0.4) is 0 Å². The molecule has 0 atom stereocenters. The smallest absolute Gasteiger partial charge is 0.412 e. The van der Waals surface area contributed by atoms with E-state index in [1.807, 2.05) is 0 Å². The second-order valence-corrected chi connectivity index (χ2v) is 5.94. The van der Waals surface area contributed by atoms with Crippen molar-refractivity contribution in [3.05, 3.63) is 52.6 Å². The van der Waals surface area contributed by atoms with E-state index in [1.165, 1.54) is 24.3 Å². The molecule has 2 aromatic carbocycles. The maximum Gasteiger partial charge on any atom is 0.412 e. The van der Waals surface area contributed by atoms with Crippen molar-refractivity contribution in [2.24, 2.45) is 0 Å². The number of fused-ring (bicyclic) bond motifs is 1. The van der Waals surface area contributed by atoms with Crippen molar-refractivity contribution >= 4 is 23.4 Å². The molecule has 3 nitrogen and oxygen atoms in total. The first-order valence-electron chi connectivity index (χ1n) is 6.57. The minimum atomic E-state index is -0.974. The van der Waals surface area contributed by atoms with Gasteiger partial charge in [0.05, 0.1) is 10.7 Å². The van der Waals surface area contributed by atoms with Crippen molar-refractivity contribution < 1.29 is 18.3 Å². The van der Waals surface area contributed by atoms with Crippen LogP contribution in [0.2, 0.25) is 5.02 Å². The van der Waals surface area contributed by atoms with Gasteiger partial charge in [-0.05, 0) is 49.2 Å². The number of ether oxygens (including phenoxy) is 1. The fourth-order valence-corrected chi connectivity index (χ4v) is 2.65. The van der Waals surface area contributed by atoms with Crippen LogP contribution in [-0.2, 0) is 10.3 Å². The number of anilines is 1. The first-order valence-corrected chi connectivity index (χ1v) is 6.95. The number of amides is 1. The lowest BCUT2D eigenvalue weighted by Gasteiger charge is -2.33. The average Bonchev–Trinajstić information content (AvgIpc) is 2.42. The topological polar surface area (TPSA) is 38.3 Å². The van der Waals surface area contributed by atoms with Gasteiger partial charge in [-0.2, -0.15) is 0 Å². The average molecular weight is 324 g/mol. The predicted molar refractivity (Wildman–Crippen MR) is 79.9 cm³/mol. The third-order valence-corrected chi connectivity index (χ3v) is 3.86. The van der Waals surface area contributed by atoms with Crippen LogP contribution in [0.5, 0.6) is 0 Å². The van der Waals surface area contributed by atoms with Gasteiger partial charge in [-0.3, -0.25) is 5.32 Å². The first-order chi connectivity index (χ1) is 10.3. The van der Waals surface area contributed by atoms with Crippen LogP contribution in [-0.4, -0.2) is 6.09 Å². The Hall–Kier alpha value is -2.14. The number of carbonyl (C=O) groups is 1. The molecule has 0 saturated heterocycles. The van der Waals surface area contributed by atoms with Crippen LogP contribution in [0.1, 0.15) is 19.4 Å². The first kappa shape index (κ1) is 14.8. The molecule has 2 aromatic rings. The molecule has 0 radical (unpaired) electrons. The van der Waals surface area contributed by atoms with Crippen LogP contribution in [0.4, 0.5) is 19.3 Å². The number of cyclic esters (lactones) is 1. The number of benzene rings is 2. The predicted octanol–water partition coefficient (Wildman–Crippen LogP) is 5.08. The van der Waals surface area contributed by atoms with E-state index in [4.69, 9.17) is 16.3 Å². The highest BCUT2D eigenvalue weighted by molar-refractivity contribution is 6.31. The molecule has 0 bridgehead atoms. The molecule has 22 heavy (non-hydrogen) atoms. The minimum Gasteiger partial charge on any atom is -0.438 e. The quantitative estimate of drug-likeness (QED) is 0.794. The summed E-state index contributed by atoms with van der Waals surface area (Å²) in [6.07, 6.45) is -0.700. The maximum atomic E-state index is 14.3. The molecular weight excluding hydrogens is 312 g/mol. The standard InChI is InChI=1S/C16H12ClF2NO2/c1-16(2)10-5-9(8-3-4-12(18)11(17)6-8)7-13(19)14(10)20-15(21)22-16/h3-7H,1-2H3,(H,20,21). The number of hydrogen-bond donors (Lipinski definition) is 1. The molecule has 0 fully saturated rings. The van der Waals surface area contributed by atoms with E-state index in [9.17, 15) is 13.6 Å². The zero-order valence-electron chi connectivity index (χ0n) is 11.8. The van der Waals surface area contributed by atoms with Crippen molar-refractivity contribution in [1.82, 2.24) is 0 Å². The fraction of sp³-hybridized carbons (Fsp3) is 0.188. The summed E-state index contributed by atoms with van der Waals surface area (Å²) < 4.78 is 32.8. The molecule has 1 aliphatic rings. The van der Waals surface area contributed by atoms with E-state index in [-0.39, 0.29) is 10.7 Å². The SMILES string of the molecule is CC1(C)OC(=O)Nc2c(F)cc(-c3ccc(F)c(Cl)c3)cc21. The summed E-state index contributed by atoms with van der Waals surface area (Å²) in [6.45, 7) is 3.34. The summed E-state index contributed by atoms with van der Waals surface area (Å²) in [5.41, 5.74) is 0.714. The van der Waals surface area contributed by atoms with E-state index >= 15 is 0 Å². The molecule has 1 aliphatic heterocycles. The Labute approximate surface area is 130 Å². The lowest BCUT2D eigenvalue weighted by molar-refractivity contribution is 0.0416. The normalized spacial score (nSPS) is 15.8. The number of nitrogens with one attached hydrogen (secondary N) is 1. The van der Waals surface area contributed by atoms with Gasteiger partial charge in [-0.25, -0.2) is 13.6 Å². The van der Waals surface area contributed by atoms with Crippen molar-refractivity contribution in [3.8, 4) is 11.1 Å². The Morgan fingerprint density at radius 3 is 2.50 bits per heavy atom. The molecule has 0 saturated carbocycles. The molecule has 6 heteroatoms. The van der Waals surface area contributed by atoms with Gasteiger partial charge >= 0.3 is 6.09 Å². The summed E-state index contributed by atoms with van der Waals surface area (Å²) in [7, 11) is 0. The Morgan fingerprint density at radius 2 is 1.82 bits per heavy atom. The van der Waals surface area contributed by atoms with Gasteiger partial charge in [-0.1, -0.05) is 17.7 Å². The Balaban J connectivity index is 2.18. The molecule has 3 rings (SSSR count). The Kier molecular flexibility index (Phi) is 3.33. The molecule has 1 amide bonds.